The molecule has 2 fully saturated rings. The molecule has 1 aromatic carbocycles. The normalized spacial score (nSPS) is 26.2. The summed E-state index contributed by atoms with van der Waals surface area (Å²) in [6.07, 6.45) is 9.52. The van der Waals surface area contributed by atoms with Gasteiger partial charge in [0.2, 0.25) is 0 Å². The van der Waals surface area contributed by atoms with Crippen molar-refractivity contribution in [3.8, 4) is 0 Å². The summed E-state index contributed by atoms with van der Waals surface area (Å²) in [6, 6.07) is 11.4. The van der Waals surface area contributed by atoms with Crippen LogP contribution < -0.4 is 0 Å². The molecule has 0 saturated carbocycles. The Bertz CT molecular complexity index is 500. The van der Waals surface area contributed by atoms with Crippen molar-refractivity contribution in [3.63, 3.8) is 0 Å². The van der Waals surface area contributed by atoms with Crippen LogP contribution in [0.5, 0.6) is 0 Å². The third kappa shape index (κ3) is 5.09. The summed E-state index contributed by atoms with van der Waals surface area (Å²) in [5.74, 6) is 0.725. The fraction of sp³-hybridized carbons (Fsp3) is 0.739. The van der Waals surface area contributed by atoms with Crippen LogP contribution >= 0.6 is 0 Å². The van der Waals surface area contributed by atoms with E-state index in [0.717, 1.165) is 12.6 Å². The van der Waals surface area contributed by atoms with Gasteiger partial charge in [0.25, 0.3) is 0 Å². The average molecular weight is 359 g/mol. The lowest BCUT2D eigenvalue weighted by atomic mass is 9.85. The Kier molecular flexibility index (Phi) is 7.97. The molecule has 3 nitrogen and oxygen atoms in total. The van der Waals surface area contributed by atoms with Gasteiger partial charge in [0, 0.05) is 12.6 Å². The molecule has 3 atom stereocenters. The molecule has 26 heavy (non-hydrogen) atoms. The summed E-state index contributed by atoms with van der Waals surface area (Å²) in [7, 11) is 0. The third-order valence-electron chi connectivity index (χ3n) is 6.32. The predicted molar refractivity (Wildman–Crippen MR) is 109 cm³/mol. The van der Waals surface area contributed by atoms with Crippen LogP contribution in [0.25, 0.3) is 0 Å². The zero-order valence-electron chi connectivity index (χ0n) is 16.9. The van der Waals surface area contributed by atoms with E-state index in [1.54, 1.807) is 0 Å². The van der Waals surface area contributed by atoms with Gasteiger partial charge in [-0.1, -0.05) is 63.4 Å². The second kappa shape index (κ2) is 10.4. The summed E-state index contributed by atoms with van der Waals surface area (Å²) >= 11 is 0. The van der Waals surface area contributed by atoms with E-state index in [1.165, 1.54) is 76.7 Å². The minimum atomic E-state index is 0.239. The van der Waals surface area contributed by atoms with E-state index in [2.05, 4.69) is 54.0 Å². The fourth-order valence-electron chi connectivity index (χ4n) is 4.91. The highest BCUT2D eigenvalue weighted by Gasteiger charge is 2.39. The molecule has 0 aliphatic carbocycles. The standard InChI is InChI=1S/C23H38N2O/c1-3-12-20(4-2)22-23(21-13-7-5-8-14-21)26-19-25(22)18-11-17-24-15-9-6-10-16-24/h5,7-8,13-14,20,22-23H,3-4,6,9-12,15-19H2,1-2H3. The maximum Gasteiger partial charge on any atom is 0.100 e. The zero-order chi connectivity index (χ0) is 18.2. The van der Waals surface area contributed by atoms with Gasteiger partial charge in [0.1, 0.15) is 12.8 Å². The third-order valence-corrected chi connectivity index (χ3v) is 6.32. The number of likely N-dealkylation sites (tertiary alicyclic amines) is 1. The van der Waals surface area contributed by atoms with Crippen LogP contribution in [0.15, 0.2) is 30.3 Å². The molecule has 0 amide bonds. The van der Waals surface area contributed by atoms with Crippen molar-refractivity contribution in [2.24, 2.45) is 5.92 Å². The SMILES string of the molecule is CCCC(CC)C1C(c2ccccc2)OCN1CCCN1CCCCC1. The number of hydrogen-bond donors (Lipinski definition) is 0. The van der Waals surface area contributed by atoms with E-state index in [0.29, 0.717) is 6.04 Å². The molecule has 0 N–H and O–H groups in total. The molecule has 3 heteroatoms. The van der Waals surface area contributed by atoms with Gasteiger partial charge in [-0.25, -0.2) is 0 Å². The van der Waals surface area contributed by atoms with Gasteiger partial charge in [-0.15, -0.1) is 0 Å². The first kappa shape index (κ1) is 19.9. The van der Waals surface area contributed by atoms with Gasteiger partial charge in [-0.05, 0) is 56.8 Å². The van der Waals surface area contributed by atoms with Crippen LogP contribution in [-0.4, -0.2) is 48.8 Å². The molecular formula is C23H38N2O. The summed E-state index contributed by atoms with van der Waals surface area (Å²) in [4.78, 5) is 5.30. The number of piperidine rings is 1. The number of benzene rings is 1. The van der Waals surface area contributed by atoms with E-state index in [1.807, 2.05) is 0 Å². The summed E-state index contributed by atoms with van der Waals surface area (Å²) < 4.78 is 6.35. The van der Waals surface area contributed by atoms with Gasteiger partial charge >= 0.3 is 0 Å². The Hall–Kier alpha value is -0.900. The number of ether oxygens (including phenoxy) is 1. The van der Waals surface area contributed by atoms with Gasteiger partial charge in [0.05, 0.1) is 0 Å². The van der Waals surface area contributed by atoms with Crippen LogP contribution in [0.4, 0.5) is 0 Å². The minimum absolute atomic E-state index is 0.239. The highest BCUT2D eigenvalue weighted by atomic mass is 16.5. The largest absolute Gasteiger partial charge is 0.356 e. The van der Waals surface area contributed by atoms with Crippen molar-refractivity contribution in [2.45, 2.75) is 70.9 Å². The Morgan fingerprint density at radius 3 is 2.50 bits per heavy atom. The van der Waals surface area contributed by atoms with Crippen LogP contribution in [0.2, 0.25) is 0 Å². The second-order valence-corrected chi connectivity index (χ2v) is 8.14. The zero-order valence-corrected chi connectivity index (χ0v) is 16.9. The Balaban J connectivity index is 1.63. The first-order valence-electron chi connectivity index (χ1n) is 11.0. The predicted octanol–water partition coefficient (Wildman–Crippen LogP) is 5.09. The minimum Gasteiger partial charge on any atom is -0.356 e. The van der Waals surface area contributed by atoms with Gasteiger partial charge in [0.15, 0.2) is 0 Å². The van der Waals surface area contributed by atoms with Crippen molar-refractivity contribution in [1.82, 2.24) is 9.80 Å². The van der Waals surface area contributed by atoms with Crippen molar-refractivity contribution in [2.75, 3.05) is 32.9 Å². The Labute approximate surface area is 160 Å². The highest BCUT2D eigenvalue weighted by molar-refractivity contribution is 5.20. The molecule has 2 heterocycles. The van der Waals surface area contributed by atoms with Gasteiger partial charge in [-0.2, -0.15) is 0 Å². The lowest BCUT2D eigenvalue weighted by Gasteiger charge is -2.33. The van der Waals surface area contributed by atoms with E-state index >= 15 is 0 Å². The highest BCUT2D eigenvalue weighted by Crippen LogP contribution is 2.38. The average Bonchev–Trinajstić information content (AvgIpc) is 3.11. The molecule has 0 radical (unpaired) electrons. The lowest BCUT2D eigenvalue weighted by molar-refractivity contribution is 0.0855. The smallest absolute Gasteiger partial charge is 0.100 e. The molecule has 3 unspecified atom stereocenters. The number of hydrogen-bond acceptors (Lipinski definition) is 3. The first-order chi connectivity index (χ1) is 12.8. The van der Waals surface area contributed by atoms with E-state index in [9.17, 15) is 0 Å². The van der Waals surface area contributed by atoms with E-state index in [-0.39, 0.29) is 6.10 Å². The lowest BCUT2D eigenvalue weighted by Crippen LogP contribution is -2.40. The number of rotatable bonds is 9. The molecule has 0 aromatic heterocycles. The first-order valence-corrected chi connectivity index (χ1v) is 11.0. The summed E-state index contributed by atoms with van der Waals surface area (Å²) in [5, 5.41) is 0. The van der Waals surface area contributed by atoms with Crippen molar-refractivity contribution >= 4 is 0 Å². The number of nitrogens with zero attached hydrogens (tertiary/aromatic N) is 2. The molecule has 2 aliphatic rings. The molecule has 2 saturated heterocycles. The molecular weight excluding hydrogens is 320 g/mol. The Morgan fingerprint density at radius 1 is 1.04 bits per heavy atom. The van der Waals surface area contributed by atoms with Gasteiger partial charge in [-0.3, -0.25) is 4.90 Å². The maximum absolute atomic E-state index is 6.35. The molecule has 3 rings (SSSR count). The van der Waals surface area contributed by atoms with E-state index in [4.69, 9.17) is 4.74 Å². The Morgan fingerprint density at radius 2 is 1.81 bits per heavy atom. The van der Waals surface area contributed by atoms with E-state index < -0.39 is 0 Å². The maximum atomic E-state index is 6.35. The molecule has 1 aromatic rings. The topological polar surface area (TPSA) is 15.7 Å². The van der Waals surface area contributed by atoms with Gasteiger partial charge < -0.3 is 9.64 Å². The van der Waals surface area contributed by atoms with Crippen LogP contribution in [0, 0.1) is 5.92 Å². The molecule has 0 spiro atoms. The quantitative estimate of drug-likeness (QED) is 0.611. The molecule has 2 aliphatic heterocycles. The van der Waals surface area contributed by atoms with Crippen LogP contribution in [0.1, 0.15) is 70.5 Å². The monoisotopic (exact) mass is 358 g/mol. The second-order valence-electron chi connectivity index (χ2n) is 8.14. The van der Waals surface area contributed by atoms with Crippen molar-refractivity contribution in [3.05, 3.63) is 35.9 Å². The van der Waals surface area contributed by atoms with Crippen molar-refractivity contribution in [1.29, 1.82) is 0 Å². The van der Waals surface area contributed by atoms with Crippen LogP contribution in [-0.2, 0) is 4.74 Å². The van der Waals surface area contributed by atoms with Crippen LogP contribution in [0.3, 0.4) is 0 Å². The molecule has 0 bridgehead atoms. The fourth-order valence-corrected chi connectivity index (χ4v) is 4.91. The molecule has 146 valence electrons. The van der Waals surface area contributed by atoms with Crippen molar-refractivity contribution < 1.29 is 4.74 Å². The summed E-state index contributed by atoms with van der Waals surface area (Å²) in [5.41, 5.74) is 1.35. The summed E-state index contributed by atoms with van der Waals surface area (Å²) in [6.45, 7) is 10.5.